The third kappa shape index (κ3) is 1.99. The van der Waals surface area contributed by atoms with E-state index in [0.717, 1.165) is 16.5 Å². The number of nitrogen functional groups attached to an aromatic ring is 1. The van der Waals surface area contributed by atoms with Gasteiger partial charge in [-0.1, -0.05) is 0 Å². The quantitative estimate of drug-likeness (QED) is 0.836. The van der Waals surface area contributed by atoms with Gasteiger partial charge in [-0.25, -0.2) is 0 Å². The monoisotopic (exact) mass is 238 g/mol. The second-order valence-corrected chi connectivity index (χ2v) is 4.34. The summed E-state index contributed by atoms with van der Waals surface area (Å²) in [5, 5.41) is 8.27. The van der Waals surface area contributed by atoms with Crippen molar-refractivity contribution in [1.82, 2.24) is 19.1 Å². The van der Waals surface area contributed by atoms with Crippen LogP contribution in [-0.2, 0) is 13.6 Å². The molecule has 0 unspecified atom stereocenters. The third-order valence-electron chi connectivity index (χ3n) is 2.52. The van der Waals surface area contributed by atoms with Crippen molar-refractivity contribution in [2.24, 2.45) is 7.05 Å². The Kier molecular flexibility index (Phi) is 2.78. The van der Waals surface area contributed by atoms with Gasteiger partial charge in [0.2, 0.25) is 11.1 Å². The van der Waals surface area contributed by atoms with Crippen LogP contribution in [0.25, 0.3) is 0 Å². The molecule has 2 aromatic heterocycles. The molecule has 7 heteroatoms. The molecule has 2 aromatic rings. The molecule has 0 saturated carbocycles. The Hall–Kier alpha value is -1.63. The van der Waals surface area contributed by atoms with Crippen LogP contribution in [0.5, 0.6) is 0 Å². The van der Waals surface area contributed by atoms with E-state index >= 15 is 0 Å². The molecule has 2 heterocycles. The van der Waals surface area contributed by atoms with Crippen LogP contribution < -0.4 is 11.1 Å². The average Bonchev–Trinajstić information content (AvgIpc) is 2.72. The molecular weight excluding hydrogens is 224 g/mol. The molecule has 0 saturated heterocycles. The minimum atomic E-state index is 0.312. The minimum Gasteiger partial charge on any atom is -0.367 e. The van der Waals surface area contributed by atoms with Crippen LogP contribution >= 0.6 is 11.5 Å². The lowest BCUT2D eigenvalue weighted by molar-refractivity contribution is 0.730. The van der Waals surface area contributed by atoms with Gasteiger partial charge in [0, 0.05) is 36.4 Å². The normalized spacial score (nSPS) is 10.7. The van der Waals surface area contributed by atoms with Gasteiger partial charge in [-0.05, 0) is 13.8 Å². The summed E-state index contributed by atoms with van der Waals surface area (Å²) in [5.74, 6) is 0.312. The summed E-state index contributed by atoms with van der Waals surface area (Å²) in [6.45, 7) is 4.74. The molecule has 16 heavy (non-hydrogen) atoms. The summed E-state index contributed by atoms with van der Waals surface area (Å²) in [4.78, 5) is 4.04. The fourth-order valence-electron chi connectivity index (χ4n) is 1.54. The maximum atomic E-state index is 5.44. The number of aromatic nitrogens is 4. The SMILES string of the molecule is Cc1nn(C)c(C)c1CNc1nc(N)ns1. The van der Waals surface area contributed by atoms with E-state index in [0.29, 0.717) is 12.5 Å². The number of hydrogen-bond acceptors (Lipinski definition) is 6. The number of hydrogen-bond donors (Lipinski definition) is 2. The van der Waals surface area contributed by atoms with Gasteiger partial charge in [-0.2, -0.15) is 14.5 Å². The molecule has 0 aromatic carbocycles. The Balaban J connectivity index is 2.10. The summed E-state index contributed by atoms with van der Waals surface area (Å²) in [6, 6.07) is 0. The second kappa shape index (κ2) is 4.09. The molecule has 2 rings (SSSR count). The molecule has 0 spiro atoms. The van der Waals surface area contributed by atoms with Gasteiger partial charge in [0.1, 0.15) is 0 Å². The van der Waals surface area contributed by atoms with Gasteiger partial charge in [0.05, 0.1) is 5.69 Å². The van der Waals surface area contributed by atoms with Crippen molar-refractivity contribution < 1.29 is 0 Å². The lowest BCUT2D eigenvalue weighted by atomic mass is 10.2. The van der Waals surface area contributed by atoms with E-state index < -0.39 is 0 Å². The summed E-state index contributed by atoms with van der Waals surface area (Å²) >= 11 is 1.26. The van der Waals surface area contributed by atoms with Gasteiger partial charge in [0.15, 0.2) is 0 Å². The molecule has 0 aliphatic rings. The van der Waals surface area contributed by atoms with Crippen molar-refractivity contribution in [2.45, 2.75) is 20.4 Å². The Morgan fingerprint density at radius 3 is 2.69 bits per heavy atom. The van der Waals surface area contributed by atoms with Crippen LogP contribution in [0.1, 0.15) is 17.0 Å². The number of rotatable bonds is 3. The van der Waals surface area contributed by atoms with E-state index in [1.54, 1.807) is 0 Å². The maximum absolute atomic E-state index is 5.44. The highest BCUT2D eigenvalue weighted by molar-refractivity contribution is 7.09. The Labute approximate surface area is 97.7 Å². The summed E-state index contributed by atoms with van der Waals surface area (Å²) in [5.41, 5.74) is 8.82. The summed E-state index contributed by atoms with van der Waals surface area (Å²) < 4.78 is 5.78. The van der Waals surface area contributed by atoms with Crippen molar-refractivity contribution in [3.05, 3.63) is 17.0 Å². The second-order valence-electron chi connectivity index (χ2n) is 3.58. The van der Waals surface area contributed by atoms with Crippen molar-refractivity contribution in [3.8, 4) is 0 Å². The number of anilines is 2. The lowest BCUT2D eigenvalue weighted by Gasteiger charge is -2.02. The van der Waals surface area contributed by atoms with Crippen LogP contribution in [0.2, 0.25) is 0 Å². The van der Waals surface area contributed by atoms with E-state index in [1.165, 1.54) is 17.1 Å². The Morgan fingerprint density at radius 1 is 1.44 bits per heavy atom. The van der Waals surface area contributed by atoms with E-state index in [2.05, 4.69) is 19.8 Å². The predicted octanol–water partition coefficient (Wildman–Crippen LogP) is 1.08. The van der Waals surface area contributed by atoms with E-state index in [4.69, 9.17) is 5.73 Å². The van der Waals surface area contributed by atoms with Gasteiger partial charge in [-0.15, -0.1) is 0 Å². The third-order valence-corrected chi connectivity index (χ3v) is 3.20. The largest absolute Gasteiger partial charge is 0.367 e. The highest BCUT2D eigenvalue weighted by atomic mass is 32.1. The first-order chi connectivity index (χ1) is 7.58. The van der Waals surface area contributed by atoms with Crippen LogP contribution in [-0.4, -0.2) is 19.1 Å². The van der Waals surface area contributed by atoms with E-state index in [9.17, 15) is 0 Å². The first-order valence-electron chi connectivity index (χ1n) is 4.90. The number of nitrogens with zero attached hydrogens (tertiary/aromatic N) is 4. The smallest absolute Gasteiger partial charge is 0.233 e. The van der Waals surface area contributed by atoms with Crippen LogP contribution in [0.3, 0.4) is 0 Å². The number of nitrogens with one attached hydrogen (secondary N) is 1. The maximum Gasteiger partial charge on any atom is 0.233 e. The highest BCUT2D eigenvalue weighted by Gasteiger charge is 2.09. The molecule has 86 valence electrons. The standard InChI is InChI=1S/C9H14N6S/c1-5-7(6(2)15(3)13-5)4-11-9-12-8(10)14-16-9/h4H2,1-3H3,(H3,10,11,12,14). The van der Waals surface area contributed by atoms with Gasteiger partial charge in [0.25, 0.3) is 0 Å². The van der Waals surface area contributed by atoms with E-state index in [1.807, 2.05) is 25.6 Å². The lowest BCUT2D eigenvalue weighted by Crippen LogP contribution is -2.02. The van der Waals surface area contributed by atoms with Crippen LogP contribution in [0, 0.1) is 13.8 Å². The predicted molar refractivity (Wildman–Crippen MR) is 64.3 cm³/mol. The molecule has 3 N–H and O–H groups in total. The summed E-state index contributed by atoms with van der Waals surface area (Å²) in [7, 11) is 1.94. The zero-order valence-electron chi connectivity index (χ0n) is 9.48. The zero-order chi connectivity index (χ0) is 11.7. The highest BCUT2D eigenvalue weighted by Crippen LogP contribution is 2.16. The summed E-state index contributed by atoms with van der Waals surface area (Å²) in [6.07, 6.45) is 0. The molecule has 0 bridgehead atoms. The van der Waals surface area contributed by atoms with Gasteiger partial charge < -0.3 is 11.1 Å². The first kappa shape index (κ1) is 10.9. The molecule has 0 aliphatic heterocycles. The Morgan fingerprint density at radius 2 is 2.19 bits per heavy atom. The van der Waals surface area contributed by atoms with Crippen molar-refractivity contribution in [1.29, 1.82) is 0 Å². The molecule has 0 aliphatic carbocycles. The van der Waals surface area contributed by atoms with E-state index in [-0.39, 0.29) is 0 Å². The molecule has 0 radical (unpaired) electrons. The van der Waals surface area contributed by atoms with Crippen LogP contribution in [0.15, 0.2) is 0 Å². The minimum absolute atomic E-state index is 0.312. The van der Waals surface area contributed by atoms with Gasteiger partial charge >= 0.3 is 0 Å². The first-order valence-corrected chi connectivity index (χ1v) is 5.67. The Bertz CT molecular complexity index is 500. The molecule has 0 atom stereocenters. The number of nitrogens with two attached hydrogens (primary N) is 1. The molecule has 6 nitrogen and oxygen atoms in total. The molecule has 0 fully saturated rings. The van der Waals surface area contributed by atoms with Crippen molar-refractivity contribution in [3.63, 3.8) is 0 Å². The average molecular weight is 238 g/mol. The zero-order valence-corrected chi connectivity index (χ0v) is 10.3. The van der Waals surface area contributed by atoms with Crippen molar-refractivity contribution >= 4 is 22.6 Å². The molecular formula is C9H14N6S. The fourth-order valence-corrected chi connectivity index (χ4v) is 2.04. The number of aryl methyl sites for hydroxylation is 2. The van der Waals surface area contributed by atoms with Gasteiger partial charge in [-0.3, -0.25) is 4.68 Å². The van der Waals surface area contributed by atoms with Crippen molar-refractivity contribution in [2.75, 3.05) is 11.1 Å². The topological polar surface area (TPSA) is 81.7 Å². The van der Waals surface area contributed by atoms with Crippen LogP contribution in [0.4, 0.5) is 11.1 Å². The molecule has 0 amide bonds. The fraction of sp³-hybridized carbons (Fsp3) is 0.444.